The lowest BCUT2D eigenvalue weighted by Gasteiger charge is -2.14. The van der Waals surface area contributed by atoms with Gasteiger partial charge in [-0.1, -0.05) is 0 Å². The summed E-state index contributed by atoms with van der Waals surface area (Å²) in [7, 11) is 2.97. The van der Waals surface area contributed by atoms with E-state index in [1.54, 1.807) is 18.2 Å². The van der Waals surface area contributed by atoms with Gasteiger partial charge in [-0.05, 0) is 12.1 Å². The summed E-state index contributed by atoms with van der Waals surface area (Å²) in [5, 5.41) is 18.2. The van der Waals surface area contributed by atoms with Crippen LogP contribution >= 0.6 is 0 Å². The minimum Gasteiger partial charge on any atom is -0.497 e. The van der Waals surface area contributed by atoms with Gasteiger partial charge >= 0.3 is 5.97 Å². The molecule has 0 amide bonds. The van der Waals surface area contributed by atoms with Gasteiger partial charge in [0.05, 0.1) is 26.7 Å². The Labute approximate surface area is 93.2 Å². The van der Waals surface area contributed by atoms with Gasteiger partial charge in [-0.2, -0.15) is 0 Å². The zero-order valence-corrected chi connectivity index (χ0v) is 9.14. The van der Waals surface area contributed by atoms with Gasteiger partial charge in [0.2, 0.25) is 0 Å². The van der Waals surface area contributed by atoms with Crippen LogP contribution in [0.25, 0.3) is 0 Å². The fraction of sp³-hybridized carbons (Fsp3) is 0.364. The number of aliphatic hydroxyl groups excluding tert-OH is 1. The van der Waals surface area contributed by atoms with Crippen LogP contribution in [0.2, 0.25) is 0 Å². The highest BCUT2D eigenvalue weighted by Gasteiger charge is 2.17. The molecule has 0 aliphatic heterocycles. The molecule has 0 saturated carbocycles. The van der Waals surface area contributed by atoms with Crippen molar-refractivity contribution >= 4 is 5.97 Å². The van der Waals surface area contributed by atoms with Crippen molar-refractivity contribution < 1.29 is 24.5 Å². The van der Waals surface area contributed by atoms with Crippen LogP contribution in [0, 0.1) is 0 Å². The summed E-state index contributed by atoms with van der Waals surface area (Å²) in [6, 6.07) is 4.83. The minimum absolute atomic E-state index is 0.358. The lowest BCUT2D eigenvalue weighted by Crippen LogP contribution is -2.07. The zero-order chi connectivity index (χ0) is 12.1. The molecule has 0 saturated heterocycles. The molecule has 1 aromatic rings. The summed E-state index contributed by atoms with van der Waals surface area (Å²) in [5.41, 5.74) is 0.436. The number of rotatable bonds is 5. The Morgan fingerprint density at radius 2 is 2.06 bits per heavy atom. The van der Waals surface area contributed by atoms with Crippen molar-refractivity contribution in [3.05, 3.63) is 23.8 Å². The van der Waals surface area contributed by atoms with Crippen molar-refractivity contribution in [2.45, 2.75) is 12.5 Å². The first-order chi connectivity index (χ1) is 7.58. The van der Waals surface area contributed by atoms with E-state index in [1.165, 1.54) is 14.2 Å². The van der Waals surface area contributed by atoms with Gasteiger partial charge < -0.3 is 19.7 Å². The Hall–Kier alpha value is -1.75. The highest BCUT2D eigenvalue weighted by atomic mass is 16.5. The van der Waals surface area contributed by atoms with Gasteiger partial charge in [0.25, 0.3) is 0 Å². The number of carboxylic acids is 1. The highest BCUT2D eigenvalue weighted by molar-refractivity contribution is 5.68. The van der Waals surface area contributed by atoms with E-state index >= 15 is 0 Å². The molecular formula is C11H14O5. The van der Waals surface area contributed by atoms with E-state index in [0.717, 1.165) is 0 Å². The Morgan fingerprint density at radius 3 is 2.56 bits per heavy atom. The standard InChI is InChI=1S/C11H14O5/c1-15-7-3-4-8(10(5-7)16-2)9(12)6-11(13)14/h3-5,9,12H,6H2,1-2H3,(H,13,14)/t9-/m1/s1. The summed E-state index contributed by atoms with van der Waals surface area (Å²) in [6.07, 6.45) is -1.44. The molecule has 1 rings (SSSR count). The maximum absolute atomic E-state index is 10.5. The van der Waals surface area contributed by atoms with Gasteiger partial charge in [-0.25, -0.2) is 0 Å². The molecule has 0 bridgehead atoms. The largest absolute Gasteiger partial charge is 0.497 e. The van der Waals surface area contributed by atoms with E-state index < -0.39 is 12.1 Å². The molecular weight excluding hydrogens is 212 g/mol. The van der Waals surface area contributed by atoms with Crippen LogP contribution in [0.15, 0.2) is 18.2 Å². The van der Waals surface area contributed by atoms with Gasteiger partial charge in [-0.15, -0.1) is 0 Å². The van der Waals surface area contributed by atoms with E-state index in [4.69, 9.17) is 14.6 Å². The zero-order valence-electron chi connectivity index (χ0n) is 9.14. The minimum atomic E-state index is -1.08. The van der Waals surface area contributed by atoms with E-state index in [-0.39, 0.29) is 6.42 Å². The lowest BCUT2D eigenvalue weighted by molar-refractivity contribution is -0.139. The van der Waals surface area contributed by atoms with Gasteiger partial charge in [-0.3, -0.25) is 4.79 Å². The average Bonchev–Trinajstić information content (AvgIpc) is 2.27. The van der Waals surface area contributed by atoms with Crippen LogP contribution in [-0.4, -0.2) is 30.4 Å². The molecule has 5 nitrogen and oxygen atoms in total. The van der Waals surface area contributed by atoms with Crippen LogP contribution in [0.4, 0.5) is 0 Å². The normalized spacial score (nSPS) is 11.9. The van der Waals surface area contributed by atoms with E-state index in [2.05, 4.69) is 0 Å². The molecule has 0 fully saturated rings. The fourth-order valence-corrected chi connectivity index (χ4v) is 1.37. The topological polar surface area (TPSA) is 76.0 Å². The van der Waals surface area contributed by atoms with E-state index in [1.807, 2.05) is 0 Å². The molecule has 2 N–H and O–H groups in total. The summed E-state index contributed by atoms with van der Waals surface area (Å²) < 4.78 is 10.1. The van der Waals surface area contributed by atoms with Crippen LogP contribution in [0.1, 0.15) is 18.1 Å². The molecule has 16 heavy (non-hydrogen) atoms. The van der Waals surface area contributed by atoms with E-state index in [0.29, 0.717) is 17.1 Å². The Balaban J connectivity index is 2.98. The molecule has 88 valence electrons. The number of hydrogen-bond acceptors (Lipinski definition) is 4. The number of methoxy groups -OCH3 is 2. The molecule has 5 heteroatoms. The van der Waals surface area contributed by atoms with Crippen LogP contribution < -0.4 is 9.47 Å². The number of aliphatic carboxylic acids is 1. The maximum Gasteiger partial charge on any atom is 0.306 e. The van der Waals surface area contributed by atoms with Crippen molar-refractivity contribution in [3.8, 4) is 11.5 Å². The molecule has 0 aliphatic carbocycles. The first-order valence-electron chi connectivity index (χ1n) is 4.70. The highest BCUT2D eigenvalue weighted by Crippen LogP contribution is 2.30. The predicted molar refractivity (Wildman–Crippen MR) is 56.8 cm³/mol. The molecule has 0 aliphatic rings. The van der Waals surface area contributed by atoms with E-state index in [9.17, 15) is 9.90 Å². The van der Waals surface area contributed by atoms with Crippen LogP contribution in [-0.2, 0) is 4.79 Å². The summed E-state index contributed by atoms with van der Waals surface area (Å²) in [4.78, 5) is 10.5. The summed E-state index contributed by atoms with van der Waals surface area (Å²) in [5.74, 6) is -0.0680. The molecule has 0 radical (unpaired) electrons. The fourth-order valence-electron chi connectivity index (χ4n) is 1.37. The Kier molecular flexibility index (Phi) is 4.13. The third-order valence-corrected chi connectivity index (χ3v) is 2.17. The number of carbonyl (C=O) groups is 1. The SMILES string of the molecule is COc1ccc([C@H](O)CC(=O)O)c(OC)c1. The van der Waals surface area contributed by atoms with Crippen LogP contribution in [0.3, 0.4) is 0 Å². The molecule has 0 unspecified atom stereocenters. The van der Waals surface area contributed by atoms with Gasteiger partial charge in [0, 0.05) is 11.6 Å². The number of hydrogen-bond donors (Lipinski definition) is 2. The predicted octanol–water partition coefficient (Wildman–Crippen LogP) is 1.21. The van der Waals surface area contributed by atoms with Gasteiger partial charge in [0.1, 0.15) is 11.5 Å². The third-order valence-electron chi connectivity index (χ3n) is 2.17. The quantitative estimate of drug-likeness (QED) is 0.789. The van der Waals surface area contributed by atoms with Gasteiger partial charge in [0.15, 0.2) is 0 Å². The first-order valence-corrected chi connectivity index (χ1v) is 4.70. The average molecular weight is 226 g/mol. The second kappa shape index (κ2) is 5.37. The second-order valence-electron chi connectivity index (χ2n) is 3.22. The Morgan fingerprint density at radius 1 is 1.38 bits per heavy atom. The van der Waals surface area contributed by atoms with Crippen molar-refractivity contribution in [1.29, 1.82) is 0 Å². The van der Waals surface area contributed by atoms with Crippen LogP contribution in [0.5, 0.6) is 11.5 Å². The number of carboxylic acid groups (broad SMARTS) is 1. The van der Waals surface area contributed by atoms with Crippen molar-refractivity contribution in [2.75, 3.05) is 14.2 Å². The summed E-state index contributed by atoms with van der Waals surface area (Å²) in [6.45, 7) is 0. The molecule has 1 aromatic carbocycles. The Bertz CT molecular complexity index is 375. The first kappa shape index (κ1) is 12.3. The molecule has 0 heterocycles. The monoisotopic (exact) mass is 226 g/mol. The number of aliphatic hydroxyl groups is 1. The molecule has 1 atom stereocenters. The summed E-state index contributed by atoms with van der Waals surface area (Å²) >= 11 is 0. The molecule has 0 spiro atoms. The molecule has 0 aromatic heterocycles. The number of benzene rings is 1. The number of ether oxygens (including phenoxy) is 2. The maximum atomic E-state index is 10.5. The van der Waals surface area contributed by atoms with Crippen molar-refractivity contribution in [3.63, 3.8) is 0 Å². The third kappa shape index (κ3) is 2.87. The smallest absolute Gasteiger partial charge is 0.306 e. The van der Waals surface area contributed by atoms with Crippen molar-refractivity contribution in [1.82, 2.24) is 0 Å². The second-order valence-corrected chi connectivity index (χ2v) is 3.22. The van der Waals surface area contributed by atoms with Crippen molar-refractivity contribution in [2.24, 2.45) is 0 Å². The lowest BCUT2D eigenvalue weighted by atomic mass is 10.1.